The zero-order valence-electron chi connectivity index (χ0n) is 18.2. The molecule has 0 atom stereocenters. The van der Waals surface area contributed by atoms with Gasteiger partial charge in [0.1, 0.15) is 10.6 Å². The standard InChI is InChI=1S/C21H24N6O5S/c1-3-32-17-7-6-15(12-18(17)33(30,31)26-10-4-5-11-26)23-21(29)16-13-22-27(14(16)2)19-8-9-20(28)25-24-19/h6-9,12-13H,3-5,10-11H2,1-2H3,(H,23,29)(H,25,28). The van der Waals surface area contributed by atoms with Crippen molar-refractivity contribution in [2.24, 2.45) is 0 Å². The number of anilines is 1. The smallest absolute Gasteiger partial charge is 0.264 e. The fourth-order valence-corrected chi connectivity index (χ4v) is 5.32. The van der Waals surface area contributed by atoms with Gasteiger partial charge < -0.3 is 10.1 Å². The lowest BCUT2D eigenvalue weighted by Crippen LogP contribution is -2.28. The molecular weight excluding hydrogens is 448 g/mol. The summed E-state index contributed by atoms with van der Waals surface area (Å²) in [6.07, 6.45) is 3.01. The van der Waals surface area contributed by atoms with Crippen molar-refractivity contribution >= 4 is 21.6 Å². The second-order valence-electron chi connectivity index (χ2n) is 7.49. The normalized spacial score (nSPS) is 14.4. The Bertz CT molecular complexity index is 1320. The molecular formula is C21H24N6O5S. The molecule has 1 aromatic carbocycles. The van der Waals surface area contributed by atoms with Gasteiger partial charge >= 0.3 is 0 Å². The molecule has 0 aliphatic carbocycles. The Labute approximate surface area is 190 Å². The van der Waals surface area contributed by atoms with E-state index in [2.05, 4.69) is 20.6 Å². The molecule has 174 valence electrons. The molecule has 3 aromatic rings. The van der Waals surface area contributed by atoms with Gasteiger partial charge in [0.2, 0.25) is 10.0 Å². The van der Waals surface area contributed by atoms with E-state index in [0.29, 0.717) is 36.9 Å². The van der Waals surface area contributed by atoms with E-state index in [4.69, 9.17) is 4.74 Å². The van der Waals surface area contributed by atoms with Gasteiger partial charge in [-0.1, -0.05) is 0 Å². The molecule has 1 fully saturated rings. The quantitative estimate of drug-likeness (QED) is 0.533. The van der Waals surface area contributed by atoms with E-state index in [1.165, 1.54) is 33.4 Å². The molecule has 0 unspecified atom stereocenters. The molecule has 1 saturated heterocycles. The van der Waals surface area contributed by atoms with Crippen molar-refractivity contribution in [2.45, 2.75) is 31.6 Å². The molecule has 1 aliphatic rings. The number of aromatic amines is 1. The molecule has 12 heteroatoms. The van der Waals surface area contributed by atoms with Crippen LogP contribution in [0.3, 0.4) is 0 Å². The van der Waals surface area contributed by atoms with Gasteiger partial charge in [-0.05, 0) is 51.0 Å². The van der Waals surface area contributed by atoms with Gasteiger partial charge in [-0.25, -0.2) is 18.2 Å². The van der Waals surface area contributed by atoms with E-state index in [9.17, 15) is 18.0 Å². The number of benzene rings is 1. The fraction of sp³-hybridized carbons (Fsp3) is 0.333. The predicted octanol–water partition coefficient (Wildman–Crippen LogP) is 1.70. The molecule has 1 aliphatic heterocycles. The lowest BCUT2D eigenvalue weighted by Gasteiger charge is -2.19. The number of rotatable bonds is 7. The Morgan fingerprint density at radius 1 is 1.21 bits per heavy atom. The van der Waals surface area contributed by atoms with Crippen LogP contribution in [-0.4, -0.2) is 58.3 Å². The Morgan fingerprint density at radius 2 is 1.97 bits per heavy atom. The number of H-pyrrole nitrogens is 1. The molecule has 0 radical (unpaired) electrons. The van der Waals surface area contributed by atoms with Crippen LogP contribution >= 0.6 is 0 Å². The van der Waals surface area contributed by atoms with Gasteiger partial charge in [0.05, 0.1) is 24.1 Å². The summed E-state index contributed by atoms with van der Waals surface area (Å²) in [5.74, 6) is 0.138. The lowest BCUT2D eigenvalue weighted by molar-refractivity contribution is 0.102. The minimum absolute atomic E-state index is 0.0221. The molecule has 1 amide bonds. The van der Waals surface area contributed by atoms with Crippen LogP contribution in [0.25, 0.3) is 5.82 Å². The third-order valence-corrected chi connectivity index (χ3v) is 7.24. The summed E-state index contributed by atoms with van der Waals surface area (Å²) in [4.78, 5) is 24.2. The highest BCUT2D eigenvalue weighted by Crippen LogP contribution is 2.32. The Morgan fingerprint density at radius 3 is 2.64 bits per heavy atom. The number of sulfonamides is 1. The van der Waals surface area contributed by atoms with E-state index in [1.807, 2.05) is 0 Å². The predicted molar refractivity (Wildman–Crippen MR) is 120 cm³/mol. The van der Waals surface area contributed by atoms with E-state index < -0.39 is 15.9 Å². The van der Waals surface area contributed by atoms with Crippen LogP contribution < -0.4 is 15.6 Å². The molecule has 33 heavy (non-hydrogen) atoms. The van der Waals surface area contributed by atoms with Crippen LogP contribution in [0.2, 0.25) is 0 Å². The zero-order valence-corrected chi connectivity index (χ0v) is 19.1. The molecule has 0 saturated carbocycles. The fourth-order valence-electron chi connectivity index (χ4n) is 3.65. The first-order chi connectivity index (χ1) is 15.8. The second-order valence-corrected chi connectivity index (χ2v) is 9.40. The van der Waals surface area contributed by atoms with Crippen LogP contribution in [0.4, 0.5) is 5.69 Å². The van der Waals surface area contributed by atoms with Crippen LogP contribution in [0.15, 0.2) is 46.2 Å². The first-order valence-corrected chi connectivity index (χ1v) is 11.9. The van der Waals surface area contributed by atoms with Crippen molar-refractivity contribution in [3.63, 3.8) is 0 Å². The molecule has 11 nitrogen and oxygen atoms in total. The summed E-state index contributed by atoms with van der Waals surface area (Å²) in [7, 11) is -3.75. The second kappa shape index (κ2) is 9.16. The minimum Gasteiger partial charge on any atom is -0.492 e. The Kier molecular flexibility index (Phi) is 6.29. The van der Waals surface area contributed by atoms with Crippen molar-refractivity contribution in [3.05, 3.63) is 58.1 Å². The molecule has 2 aromatic heterocycles. The third kappa shape index (κ3) is 4.52. The third-order valence-electron chi connectivity index (χ3n) is 5.32. The minimum atomic E-state index is -3.75. The van der Waals surface area contributed by atoms with E-state index in [1.54, 1.807) is 26.0 Å². The maximum Gasteiger partial charge on any atom is 0.264 e. The summed E-state index contributed by atoms with van der Waals surface area (Å²) in [6, 6.07) is 7.35. The molecule has 4 rings (SSSR count). The van der Waals surface area contributed by atoms with Gasteiger partial charge in [0.25, 0.3) is 11.5 Å². The largest absolute Gasteiger partial charge is 0.492 e. The highest BCUT2D eigenvalue weighted by atomic mass is 32.2. The lowest BCUT2D eigenvalue weighted by atomic mass is 10.2. The number of carbonyl (C=O) groups is 1. The van der Waals surface area contributed by atoms with Gasteiger partial charge in [0.15, 0.2) is 5.82 Å². The summed E-state index contributed by atoms with van der Waals surface area (Å²) >= 11 is 0. The zero-order chi connectivity index (χ0) is 23.6. The topological polar surface area (TPSA) is 139 Å². The summed E-state index contributed by atoms with van der Waals surface area (Å²) in [6.45, 7) is 4.70. The van der Waals surface area contributed by atoms with Crippen LogP contribution in [0.5, 0.6) is 5.75 Å². The number of hydrogen-bond donors (Lipinski definition) is 2. The monoisotopic (exact) mass is 472 g/mol. The number of aromatic nitrogens is 4. The SMILES string of the molecule is CCOc1ccc(NC(=O)c2cnn(-c3ccc(=O)[nH]n3)c2C)cc1S(=O)(=O)N1CCCC1. The van der Waals surface area contributed by atoms with E-state index in [-0.39, 0.29) is 21.8 Å². The summed E-state index contributed by atoms with van der Waals surface area (Å²) in [5, 5.41) is 13.1. The van der Waals surface area contributed by atoms with E-state index in [0.717, 1.165) is 12.8 Å². The number of nitrogens with one attached hydrogen (secondary N) is 2. The van der Waals surface area contributed by atoms with Crippen molar-refractivity contribution in [2.75, 3.05) is 25.0 Å². The summed E-state index contributed by atoms with van der Waals surface area (Å²) in [5.41, 5.74) is 0.746. The van der Waals surface area contributed by atoms with Crippen molar-refractivity contribution in [1.82, 2.24) is 24.3 Å². The average Bonchev–Trinajstić information content (AvgIpc) is 3.46. The number of ether oxygens (including phenoxy) is 1. The first kappa shape index (κ1) is 22.7. The number of nitrogens with zero attached hydrogens (tertiary/aromatic N) is 4. The van der Waals surface area contributed by atoms with Crippen LogP contribution in [0, 0.1) is 6.92 Å². The van der Waals surface area contributed by atoms with Crippen LogP contribution in [-0.2, 0) is 10.0 Å². The van der Waals surface area contributed by atoms with Gasteiger partial charge in [-0.3, -0.25) is 9.59 Å². The molecule has 3 heterocycles. The maximum absolute atomic E-state index is 13.2. The van der Waals surface area contributed by atoms with Crippen LogP contribution in [0.1, 0.15) is 35.8 Å². The highest BCUT2D eigenvalue weighted by Gasteiger charge is 2.30. The Balaban J connectivity index is 1.62. The molecule has 2 N–H and O–H groups in total. The van der Waals surface area contributed by atoms with Gasteiger partial charge in [-0.15, -0.1) is 0 Å². The highest BCUT2D eigenvalue weighted by molar-refractivity contribution is 7.89. The number of amides is 1. The maximum atomic E-state index is 13.2. The molecule has 0 bridgehead atoms. The van der Waals surface area contributed by atoms with Gasteiger partial charge in [-0.2, -0.15) is 14.5 Å². The van der Waals surface area contributed by atoms with Crippen molar-refractivity contribution < 1.29 is 17.9 Å². The number of hydrogen-bond acceptors (Lipinski definition) is 7. The summed E-state index contributed by atoms with van der Waals surface area (Å²) < 4.78 is 34.7. The number of carbonyl (C=O) groups excluding carboxylic acids is 1. The average molecular weight is 473 g/mol. The van der Waals surface area contributed by atoms with Crippen molar-refractivity contribution in [1.29, 1.82) is 0 Å². The first-order valence-electron chi connectivity index (χ1n) is 10.5. The van der Waals surface area contributed by atoms with Crippen molar-refractivity contribution in [3.8, 4) is 11.6 Å². The molecule has 0 spiro atoms. The Hall–Kier alpha value is -3.51. The van der Waals surface area contributed by atoms with E-state index >= 15 is 0 Å². The van der Waals surface area contributed by atoms with Gasteiger partial charge in [0, 0.05) is 24.8 Å².